The molecule has 0 bridgehead atoms. The summed E-state index contributed by atoms with van der Waals surface area (Å²) in [5.41, 5.74) is 3.97. The number of benzene rings is 1. The van der Waals surface area contributed by atoms with E-state index >= 15 is 0 Å². The monoisotopic (exact) mass is 412 g/mol. The third-order valence-electron chi connectivity index (χ3n) is 6.35. The molecule has 0 heterocycles. The summed E-state index contributed by atoms with van der Waals surface area (Å²) in [6.45, 7) is 14.6. The second-order valence-electron chi connectivity index (χ2n) is 9.12. The third-order valence-corrected chi connectivity index (χ3v) is 13.1. The van der Waals surface area contributed by atoms with Crippen molar-refractivity contribution in [2.45, 2.75) is 82.8 Å². The molecule has 1 aliphatic carbocycles. The minimum atomic E-state index is -3.93. The summed E-state index contributed by atoms with van der Waals surface area (Å²) in [6.07, 6.45) is 2.58. The predicted octanol–water partition coefficient (Wildman–Crippen LogP) is 5.34. The van der Waals surface area contributed by atoms with Gasteiger partial charge in [0.2, 0.25) is 0 Å². The maximum absolute atomic E-state index is 11.0. The lowest BCUT2D eigenvalue weighted by Gasteiger charge is -2.43. The fourth-order valence-corrected chi connectivity index (χ4v) is 10.8. The molecule has 0 saturated heterocycles. The van der Waals surface area contributed by atoms with Crippen LogP contribution in [0.4, 0.5) is 0 Å². The third kappa shape index (κ3) is 5.22. The Kier molecular flexibility index (Phi) is 6.99. The molecule has 0 radical (unpaired) electrons. The van der Waals surface area contributed by atoms with Crippen molar-refractivity contribution in [1.29, 1.82) is 0 Å². The molecule has 1 fully saturated rings. The van der Waals surface area contributed by atoms with Crippen molar-refractivity contribution in [2.75, 3.05) is 12.4 Å². The van der Waals surface area contributed by atoms with Gasteiger partial charge in [0.05, 0.1) is 5.75 Å². The molecule has 1 aromatic rings. The smallest absolute Gasteiger partial charge is 0.265 e. The van der Waals surface area contributed by atoms with Crippen molar-refractivity contribution < 1.29 is 17.4 Å². The molecule has 1 aliphatic rings. The van der Waals surface area contributed by atoms with Crippen molar-refractivity contribution >= 4 is 18.4 Å². The Balaban J connectivity index is 2.17. The molecular formula is C21H36O4SSi. The SMILES string of the molecule is CC(C)[Si](OCC1(c2cccc(CCS(=O)(=O)O)c2)CC1)(C(C)C)C(C)C. The first-order valence-corrected chi connectivity index (χ1v) is 13.9. The van der Waals surface area contributed by atoms with Crippen molar-refractivity contribution in [3.63, 3.8) is 0 Å². The maximum Gasteiger partial charge on any atom is 0.265 e. The molecular weight excluding hydrogens is 376 g/mol. The zero-order valence-electron chi connectivity index (χ0n) is 17.7. The van der Waals surface area contributed by atoms with Crippen molar-refractivity contribution in [1.82, 2.24) is 0 Å². The van der Waals surface area contributed by atoms with E-state index in [0.29, 0.717) is 23.0 Å². The van der Waals surface area contributed by atoms with Gasteiger partial charge in [-0.25, -0.2) is 0 Å². The molecule has 2 rings (SSSR count). The molecule has 0 aliphatic heterocycles. The second-order valence-corrected chi connectivity index (χ2v) is 16.2. The molecule has 0 atom stereocenters. The van der Waals surface area contributed by atoms with E-state index in [1.807, 2.05) is 12.1 Å². The van der Waals surface area contributed by atoms with Crippen LogP contribution in [0.3, 0.4) is 0 Å². The zero-order chi connectivity index (χ0) is 20.5. The van der Waals surface area contributed by atoms with E-state index in [1.54, 1.807) is 0 Å². The van der Waals surface area contributed by atoms with Gasteiger partial charge in [-0.3, -0.25) is 4.55 Å². The minimum Gasteiger partial charge on any atom is -0.415 e. The fourth-order valence-electron chi connectivity index (χ4n) is 4.73. The first-order chi connectivity index (χ1) is 12.4. The highest BCUT2D eigenvalue weighted by Gasteiger charge is 2.50. The zero-order valence-corrected chi connectivity index (χ0v) is 19.5. The van der Waals surface area contributed by atoms with Crippen LogP contribution in [0.15, 0.2) is 24.3 Å². The number of hydrogen-bond donors (Lipinski definition) is 1. The Hall–Kier alpha value is -0.693. The van der Waals surface area contributed by atoms with Crippen molar-refractivity contribution in [3.05, 3.63) is 35.4 Å². The lowest BCUT2D eigenvalue weighted by Crippen LogP contribution is -2.49. The van der Waals surface area contributed by atoms with Gasteiger partial charge in [0.1, 0.15) is 0 Å². The van der Waals surface area contributed by atoms with Crippen LogP contribution < -0.4 is 0 Å². The van der Waals surface area contributed by atoms with Gasteiger partial charge in [-0.2, -0.15) is 8.42 Å². The molecule has 27 heavy (non-hydrogen) atoms. The van der Waals surface area contributed by atoms with Gasteiger partial charge in [0, 0.05) is 12.0 Å². The van der Waals surface area contributed by atoms with E-state index in [2.05, 4.69) is 53.7 Å². The van der Waals surface area contributed by atoms with Crippen LogP contribution in [0.2, 0.25) is 16.6 Å². The standard InChI is InChI=1S/C21H36O4SSi/c1-16(2)27(17(3)4,18(5)6)25-15-21(11-12-21)20-9-7-8-19(14-20)10-13-26(22,23)24/h7-9,14,16-18H,10-13,15H2,1-6H3,(H,22,23,24). The quantitative estimate of drug-likeness (QED) is 0.416. The fraction of sp³-hybridized carbons (Fsp3) is 0.714. The molecule has 4 nitrogen and oxygen atoms in total. The van der Waals surface area contributed by atoms with E-state index < -0.39 is 18.4 Å². The van der Waals surface area contributed by atoms with Crippen LogP contribution in [-0.2, 0) is 26.4 Å². The maximum atomic E-state index is 11.0. The van der Waals surface area contributed by atoms with Gasteiger partial charge in [0.25, 0.3) is 10.1 Å². The van der Waals surface area contributed by atoms with E-state index in [4.69, 9.17) is 8.98 Å². The van der Waals surface area contributed by atoms with Crippen LogP contribution in [0.5, 0.6) is 0 Å². The molecule has 0 spiro atoms. The van der Waals surface area contributed by atoms with E-state index in [1.165, 1.54) is 5.56 Å². The predicted molar refractivity (Wildman–Crippen MR) is 114 cm³/mol. The first-order valence-electron chi connectivity index (χ1n) is 10.1. The average Bonchev–Trinajstić information content (AvgIpc) is 3.33. The van der Waals surface area contributed by atoms with E-state index in [-0.39, 0.29) is 11.2 Å². The Morgan fingerprint density at radius 1 is 1.07 bits per heavy atom. The highest BCUT2D eigenvalue weighted by molar-refractivity contribution is 7.85. The van der Waals surface area contributed by atoms with Gasteiger partial charge in [-0.05, 0) is 47.0 Å². The topological polar surface area (TPSA) is 63.6 Å². The molecule has 154 valence electrons. The summed E-state index contributed by atoms with van der Waals surface area (Å²) in [6, 6.07) is 8.16. The van der Waals surface area contributed by atoms with Crippen LogP contribution in [-0.4, -0.2) is 33.6 Å². The van der Waals surface area contributed by atoms with Gasteiger partial charge >= 0.3 is 0 Å². The highest BCUT2D eigenvalue weighted by atomic mass is 32.2. The van der Waals surface area contributed by atoms with E-state index in [0.717, 1.165) is 25.0 Å². The van der Waals surface area contributed by atoms with Gasteiger partial charge in [0.15, 0.2) is 8.32 Å². The molecule has 0 amide bonds. The summed E-state index contributed by atoms with van der Waals surface area (Å²) in [7, 11) is -5.83. The summed E-state index contributed by atoms with van der Waals surface area (Å²) in [4.78, 5) is 0. The highest BCUT2D eigenvalue weighted by Crippen LogP contribution is 2.51. The van der Waals surface area contributed by atoms with Crippen molar-refractivity contribution in [2.24, 2.45) is 0 Å². The van der Waals surface area contributed by atoms with Crippen LogP contribution in [0.1, 0.15) is 65.5 Å². The van der Waals surface area contributed by atoms with E-state index in [9.17, 15) is 8.42 Å². The molecule has 1 saturated carbocycles. The normalized spacial score (nSPS) is 17.1. The largest absolute Gasteiger partial charge is 0.415 e. The molecule has 1 N–H and O–H groups in total. The second kappa shape index (κ2) is 8.35. The average molecular weight is 413 g/mol. The van der Waals surface area contributed by atoms with Gasteiger partial charge in [-0.15, -0.1) is 0 Å². The summed E-state index contributed by atoms with van der Waals surface area (Å²) < 4.78 is 37.9. The Labute approximate surface area is 166 Å². The summed E-state index contributed by atoms with van der Waals surface area (Å²) in [5, 5.41) is 0. The molecule has 0 unspecified atom stereocenters. The Morgan fingerprint density at radius 3 is 2.07 bits per heavy atom. The lowest BCUT2D eigenvalue weighted by atomic mass is 9.95. The summed E-state index contributed by atoms with van der Waals surface area (Å²) in [5.74, 6) is -0.232. The first kappa shape index (κ1) is 22.6. The lowest BCUT2D eigenvalue weighted by molar-refractivity contribution is 0.244. The minimum absolute atomic E-state index is 0.0744. The molecule has 0 aromatic heterocycles. The van der Waals surface area contributed by atoms with Crippen LogP contribution >= 0.6 is 0 Å². The molecule has 6 heteroatoms. The van der Waals surface area contributed by atoms with Crippen molar-refractivity contribution in [3.8, 4) is 0 Å². The summed E-state index contributed by atoms with van der Waals surface area (Å²) >= 11 is 0. The number of aryl methyl sites for hydroxylation is 1. The van der Waals surface area contributed by atoms with Gasteiger partial charge < -0.3 is 4.43 Å². The molecule has 1 aromatic carbocycles. The van der Waals surface area contributed by atoms with Gasteiger partial charge in [-0.1, -0.05) is 65.8 Å². The Morgan fingerprint density at radius 2 is 1.63 bits per heavy atom. The number of hydrogen-bond acceptors (Lipinski definition) is 3. The Bertz CT molecular complexity index is 715. The number of rotatable bonds is 10. The van der Waals surface area contributed by atoms with Crippen LogP contribution in [0.25, 0.3) is 0 Å². The van der Waals surface area contributed by atoms with Crippen LogP contribution in [0, 0.1) is 0 Å².